The molecule has 0 aliphatic carbocycles. The van der Waals surface area contributed by atoms with Gasteiger partial charge < -0.3 is 32.5 Å². The van der Waals surface area contributed by atoms with E-state index >= 15 is 0 Å². The Morgan fingerprint density at radius 1 is 0.900 bits per heavy atom. The van der Waals surface area contributed by atoms with E-state index in [0.717, 1.165) is 0 Å². The minimum Gasteiger partial charge on any atom is -0.480 e. The molecule has 0 heterocycles. The zero-order chi connectivity index (χ0) is 23.3. The fourth-order valence-electron chi connectivity index (χ4n) is 2.93. The standard InChI is InChI=1S/C20H39N5O5/c1-5-13(4)17(20(29)30)25-18(27)14(8-6-7-9-21)24-19(28)15(10-12(2)3)23-16(26)11-22/h12-15,17H,5-11,21-22H2,1-4H3,(H,23,26)(H,24,28)(H,25,27)(H,29,30). The number of carbonyl (C=O) groups is 4. The molecule has 3 amide bonds. The van der Waals surface area contributed by atoms with Gasteiger partial charge in [0.05, 0.1) is 6.54 Å². The minimum absolute atomic E-state index is 0.116. The highest BCUT2D eigenvalue weighted by Crippen LogP contribution is 2.11. The Morgan fingerprint density at radius 3 is 1.97 bits per heavy atom. The van der Waals surface area contributed by atoms with Gasteiger partial charge in [-0.1, -0.05) is 34.1 Å². The zero-order valence-corrected chi connectivity index (χ0v) is 18.6. The van der Waals surface area contributed by atoms with Crippen molar-refractivity contribution in [3.05, 3.63) is 0 Å². The van der Waals surface area contributed by atoms with E-state index in [1.165, 1.54) is 0 Å². The fraction of sp³-hybridized carbons (Fsp3) is 0.800. The third-order valence-electron chi connectivity index (χ3n) is 4.90. The molecular formula is C20H39N5O5. The summed E-state index contributed by atoms with van der Waals surface area (Å²) in [4.78, 5) is 48.8. The summed E-state index contributed by atoms with van der Waals surface area (Å²) < 4.78 is 0. The summed E-state index contributed by atoms with van der Waals surface area (Å²) in [7, 11) is 0. The Labute approximate surface area is 178 Å². The maximum Gasteiger partial charge on any atom is 0.326 e. The predicted octanol–water partition coefficient (Wildman–Crippen LogP) is -0.295. The van der Waals surface area contributed by atoms with Crippen molar-refractivity contribution in [2.45, 2.75) is 77.9 Å². The summed E-state index contributed by atoms with van der Waals surface area (Å²) in [5, 5.41) is 17.2. The summed E-state index contributed by atoms with van der Waals surface area (Å²) in [6.45, 7) is 7.58. The number of nitrogens with one attached hydrogen (secondary N) is 3. The van der Waals surface area contributed by atoms with Gasteiger partial charge >= 0.3 is 5.97 Å². The molecular weight excluding hydrogens is 390 g/mol. The molecule has 8 N–H and O–H groups in total. The molecule has 0 aromatic rings. The number of hydrogen-bond donors (Lipinski definition) is 6. The first-order chi connectivity index (χ1) is 14.1. The second kappa shape index (κ2) is 14.7. The molecule has 0 spiro atoms. The van der Waals surface area contributed by atoms with Crippen molar-refractivity contribution in [2.75, 3.05) is 13.1 Å². The van der Waals surface area contributed by atoms with Gasteiger partial charge in [-0.25, -0.2) is 4.79 Å². The summed E-state index contributed by atoms with van der Waals surface area (Å²) in [5.41, 5.74) is 10.8. The Kier molecular flexibility index (Phi) is 13.7. The van der Waals surface area contributed by atoms with Gasteiger partial charge in [0.2, 0.25) is 17.7 Å². The first-order valence-electron chi connectivity index (χ1n) is 10.6. The molecule has 0 saturated carbocycles. The van der Waals surface area contributed by atoms with Crippen LogP contribution >= 0.6 is 0 Å². The Balaban J connectivity index is 5.40. The Bertz CT molecular complexity index is 570. The van der Waals surface area contributed by atoms with Crippen LogP contribution in [-0.2, 0) is 19.2 Å². The van der Waals surface area contributed by atoms with Gasteiger partial charge in [-0.2, -0.15) is 0 Å². The molecule has 0 aliphatic heterocycles. The van der Waals surface area contributed by atoms with E-state index in [2.05, 4.69) is 16.0 Å². The molecule has 0 saturated heterocycles. The number of unbranched alkanes of at least 4 members (excludes halogenated alkanes) is 1. The molecule has 0 aromatic heterocycles. The number of hydrogen-bond acceptors (Lipinski definition) is 6. The topological polar surface area (TPSA) is 177 Å². The molecule has 0 radical (unpaired) electrons. The molecule has 0 aromatic carbocycles. The number of carboxylic acids is 1. The van der Waals surface area contributed by atoms with E-state index in [-0.39, 0.29) is 18.4 Å². The van der Waals surface area contributed by atoms with E-state index in [4.69, 9.17) is 11.5 Å². The molecule has 4 atom stereocenters. The summed E-state index contributed by atoms with van der Waals surface area (Å²) in [6, 6.07) is -2.82. The monoisotopic (exact) mass is 429 g/mol. The molecule has 0 aliphatic rings. The maximum atomic E-state index is 12.8. The molecule has 30 heavy (non-hydrogen) atoms. The van der Waals surface area contributed by atoms with Crippen LogP contribution in [0.3, 0.4) is 0 Å². The number of carboxylic acid groups (broad SMARTS) is 1. The lowest BCUT2D eigenvalue weighted by molar-refractivity contribution is -0.144. The summed E-state index contributed by atoms with van der Waals surface area (Å²) >= 11 is 0. The van der Waals surface area contributed by atoms with Crippen LogP contribution in [0, 0.1) is 11.8 Å². The normalized spacial score (nSPS) is 15.0. The lowest BCUT2D eigenvalue weighted by Crippen LogP contribution is -2.57. The van der Waals surface area contributed by atoms with Crippen molar-refractivity contribution >= 4 is 23.7 Å². The predicted molar refractivity (Wildman–Crippen MR) is 114 cm³/mol. The average Bonchev–Trinajstić information content (AvgIpc) is 2.69. The first kappa shape index (κ1) is 27.8. The molecule has 4 unspecified atom stereocenters. The van der Waals surface area contributed by atoms with Crippen molar-refractivity contribution in [1.29, 1.82) is 0 Å². The fourth-order valence-corrected chi connectivity index (χ4v) is 2.93. The van der Waals surface area contributed by atoms with Crippen LogP contribution in [0.1, 0.15) is 59.8 Å². The van der Waals surface area contributed by atoms with Gasteiger partial charge in [0, 0.05) is 0 Å². The van der Waals surface area contributed by atoms with Gasteiger partial charge in [0.1, 0.15) is 18.1 Å². The van der Waals surface area contributed by atoms with Gasteiger partial charge in [0.15, 0.2) is 0 Å². The van der Waals surface area contributed by atoms with Crippen molar-refractivity contribution in [3.8, 4) is 0 Å². The SMILES string of the molecule is CCC(C)C(NC(=O)C(CCCCN)NC(=O)C(CC(C)C)NC(=O)CN)C(=O)O. The van der Waals surface area contributed by atoms with Crippen LogP contribution in [0.15, 0.2) is 0 Å². The Hall–Kier alpha value is -2.20. The molecule has 10 nitrogen and oxygen atoms in total. The van der Waals surface area contributed by atoms with Crippen molar-refractivity contribution < 1.29 is 24.3 Å². The average molecular weight is 430 g/mol. The van der Waals surface area contributed by atoms with Gasteiger partial charge in [0.25, 0.3) is 0 Å². The van der Waals surface area contributed by atoms with E-state index in [9.17, 15) is 24.3 Å². The van der Waals surface area contributed by atoms with Gasteiger partial charge in [-0.15, -0.1) is 0 Å². The molecule has 174 valence electrons. The zero-order valence-electron chi connectivity index (χ0n) is 18.6. The third-order valence-corrected chi connectivity index (χ3v) is 4.90. The number of rotatable bonds is 15. The second-order valence-electron chi connectivity index (χ2n) is 8.01. The number of amides is 3. The van der Waals surface area contributed by atoms with Crippen LogP contribution in [-0.4, -0.2) is 60.0 Å². The maximum absolute atomic E-state index is 12.8. The van der Waals surface area contributed by atoms with E-state index < -0.39 is 41.8 Å². The highest BCUT2D eigenvalue weighted by molar-refractivity contribution is 5.93. The van der Waals surface area contributed by atoms with Crippen molar-refractivity contribution in [3.63, 3.8) is 0 Å². The van der Waals surface area contributed by atoms with Gasteiger partial charge in [-0.3, -0.25) is 14.4 Å². The second-order valence-corrected chi connectivity index (χ2v) is 8.01. The van der Waals surface area contributed by atoms with Crippen molar-refractivity contribution in [1.82, 2.24) is 16.0 Å². The molecule has 10 heteroatoms. The van der Waals surface area contributed by atoms with Crippen LogP contribution in [0.4, 0.5) is 0 Å². The van der Waals surface area contributed by atoms with E-state index in [1.54, 1.807) is 6.92 Å². The number of carbonyl (C=O) groups excluding carboxylic acids is 3. The highest BCUT2D eigenvalue weighted by atomic mass is 16.4. The largest absolute Gasteiger partial charge is 0.480 e. The lowest BCUT2D eigenvalue weighted by Gasteiger charge is -2.26. The van der Waals surface area contributed by atoms with Crippen LogP contribution in [0.5, 0.6) is 0 Å². The molecule has 0 bridgehead atoms. The molecule has 0 fully saturated rings. The smallest absolute Gasteiger partial charge is 0.326 e. The lowest BCUT2D eigenvalue weighted by atomic mass is 9.98. The highest BCUT2D eigenvalue weighted by Gasteiger charge is 2.31. The quantitative estimate of drug-likeness (QED) is 0.194. The first-order valence-corrected chi connectivity index (χ1v) is 10.6. The van der Waals surface area contributed by atoms with E-state index in [0.29, 0.717) is 38.6 Å². The van der Waals surface area contributed by atoms with Crippen molar-refractivity contribution in [2.24, 2.45) is 23.3 Å². The minimum atomic E-state index is -1.13. The number of aliphatic carboxylic acids is 1. The van der Waals surface area contributed by atoms with Crippen LogP contribution < -0.4 is 27.4 Å². The van der Waals surface area contributed by atoms with Gasteiger partial charge in [-0.05, 0) is 44.1 Å². The molecule has 0 rings (SSSR count). The Morgan fingerprint density at radius 2 is 1.50 bits per heavy atom. The number of nitrogens with two attached hydrogens (primary N) is 2. The summed E-state index contributed by atoms with van der Waals surface area (Å²) in [6.07, 6.45) is 2.50. The van der Waals surface area contributed by atoms with Crippen LogP contribution in [0.25, 0.3) is 0 Å². The summed E-state index contributed by atoms with van der Waals surface area (Å²) in [5.74, 6) is -2.83. The van der Waals surface area contributed by atoms with E-state index in [1.807, 2.05) is 20.8 Å². The van der Waals surface area contributed by atoms with Crippen LogP contribution in [0.2, 0.25) is 0 Å². The third kappa shape index (κ3) is 10.5.